The van der Waals surface area contributed by atoms with Crippen molar-refractivity contribution in [2.24, 2.45) is 23.2 Å². The van der Waals surface area contributed by atoms with E-state index >= 15 is 0 Å². The second kappa shape index (κ2) is 5.37. The van der Waals surface area contributed by atoms with Gasteiger partial charge in [-0.25, -0.2) is 0 Å². The van der Waals surface area contributed by atoms with Crippen LogP contribution in [0.4, 0.5) is 0 Å². The molecular weight excluding hydrogens is 180 g/mol. The third-order valence-electron chi connectivity index (χ3n) is 4.41. The normalized spacial score (nSPS) is 22.8. The van der Waals surface area contributed by atoms with Gasteiger partial charge in [0.15, 0.2) is 0 Å². The van der Waals surface area contributed by atoms with Gasteiger partial charge in [-0.15, -0.1) is 0 Å². The van der Waals surface area contributed by atoms with Crippen LogP contribution in [0.2, 0.25) is 0 Å². The fraction of sp³-hybridized carbons (Fsp3) is 1.00. The summed E-state index contributed by atoms with van der Waals surface area (Å²) in [5, 5.41) is 0. The largest absolute Gasteiger partial charge is 0.0651 e. The molecule has 0 heterocycles. The molecule has 0 heteroatoms. The van der Waals surface area contributed by atoms with Crippen molar-refractivity contribution >= 4 is 0 Å². The Bertz CT molecular complexity index is 178. The molecule has 1 aliphatic carbocycles. The lowest BCUT2D eigenvalue weighted by Gasteiger charge is -2.37. The van der Waals surface area contributed by atoms with Crippen molar-refractivity contribution in [2.75, 3.05) is 0 Å². The van der Waals surface area contributed by atoms with Crippen molar-refractivity contribution < 1.29 is 0 Å². The van der Waals surface area contributed by atoms with Gasteiger partial charge >= 0.3 is 0 Å². The molecule has 1 rings (SSSR count). The van der Waals surface area contributed by atoms with Crippen LogP contribution in [0.3, 0.4) is 0 Å². The molecule has 1 fully saturated rings. The van der Waals surface area contributed by atoms with Gasteiger partial charge in [0, 0.05) is 0 Å². The first kappa shape index (κ1) is 13.1. The molecule has 0 aromatic rings. The molecule has 2 atom stereocenters. The highest BCUT2D eigenvalue weighted by Crippen LogP contribution is 2.54. The molecule has 0 radical (unpaired) electrons. The van der Waals surface area contributed by atoms with E-state index in [9.17, 15) is 0 Å². The number of hydrogen-bond acceptors (Lipinski definition) is 0. The maximum absolute atomic E-state index is 2.44. The van der Waals surface area contributed by atoms with Crippen LogP contribution in [0.1, 0.15) is 73.1 Å². The quantitative estimate of drug-likeness (QED) is 0.536. The first-order valence-corrected chi connectivity index (χ1v) is 7.04. The molecule has 0 bridgehead atoms. The standard InChI is InChI=1S/C15H30/c1-6-13(5)11-15(7-2,10-12(3)4)14-8-9-14/h12-14H,6-11H2,1-5H3. The number of rotatable bonds is 7. The maximum atomic E-state index is 2.44. The Morgan fingerprint density at radius 2 is 1.67 bits per heavy atom. The molecule has 1 aliphatic rings. The zero-order valence-corrected chi connectivity index (χ0v) is 11.5. The average molecular weight is 210 g/mol. The van der Waals surface area contributed by atoms with E-state index in [-0.39, 0.29) is 0 Å². The van der Waals surface area contributed by atoms with E-state index in [1.165, 1.54) is 38.5 Å². The molecule has 0 saturated heterocycles. The van der Waals surface area contributed by atoms with Crippen molar-refractivity contribution in [2.45, 2.75) is 73.1 Å². The van der Waals surface area contributed by atoms with E-state index in [2.05, 4.69) is 34.6 Å². The van der Waals surface area contributed by atoms with Crippen molar-refractivity contribution in [3.63, 3.8) is 0 Å². The first-order valence-electron chi connectivity index (χ1n) is 7.04. The minimum absolute atomic E-state index is 0.698. The fourth-order valence-corrected chi connectivity index (χ4v) is 3.34. The summed E-state index contributed by atoms with van der Waals surface area (Å²) in [6.45, 7) is 12.0. The van der Waals surface area contributed by atoms with Gasteiger partial charge in [-0.3, -0.25) is 0 Å². The summed E-state index contributed by atoms with van der Waals surface area (Å²) in [6, 6.07) is 0. The molecule has 0 spiro atoms. The second-order valence-corrected chi connectivity index (χ2v) is 6.31. The summed E-state index contributed by atoms with van der Waals surface area (Å²) in [5.74, 6) is 2.86. The summed E-state index contributed by atoms with van der Waals surface area (Å²) in [6.07, 6.45) is 8.71. The topological polar surface area (TPSA) is 0 Å². The highest BCUT2D eigenvalue weighted by Gasteiger charge is 2.44. The van der Waals surface area contributed by atoms with Gasteiger partial charge in [-0.1, -0.05) is 47.5 Å². The van der Waals surface area contributed by atoms with Gasteiger partial charge in [0.2, 0.25) is 0 Å². The van der Waals surface area contributed by atoms with Crippen LogP contribution >= 0.6 is 0 Å². The van der Waals surface area contributed by atoms with Crippen molar-refractivity contribution in [1.29, 1.82) is 0 Å². The third kappa shape index (κ3) is 3.50. The van der Waals surface area contributed by atoms with Gasteiger partial charge < -0.3 is 0 Å². The van der Waals surface area contributed by atoms with Gasteiger partial charge in [-0.05, 0) is 48.9 Å². The Labute approximate surface area is 96.8 Å². The molecule has 0 nitrogen and oxygen atoms in total. The Morgan fingerprint density at radius 3 is 2.00 bits per heavy atom. The summed E-state index contributed by atoms with van der Waals surface area (Å²) in [5.41, 5.74) is 0.698. The highest BCUT2D eigenvalue weighted by molar-refractivity contribution is 4.94. The molecule has 15 heavy (non-hydrogen) atoms. The van der Waals surface area contributed by atoms with Gasteiger partial charge in [0.1, 0.15) is 0 Å². The second-order valence-electron chi connectivity index (χ2n) is 6.31. The molecule has 0 aliphatic heterocycles. The van der Waals surface area contributed by atoms with Crippen LogP contribution < -0.4 is 0 Å². The Morgan fingerprint density at radius 1 is 1.07 bits per heavy atom. The van der Waals surface area contributed by atoms with Crippen LogP contribution in [-0.2, 0) is 0 Å². The average Bonchev–Trinajstić information content (AvgIpc) is 2.99. The van der Waals surface area contributed by atoms with E-state index < -0.39 is 0 Å². The monoisotopic (exact) mass is 210 g/mol. The lowest BCUT2D eigenvalue weighted by atomic mass is 9.68. The molecule has 1 saturated carbocycles. The highest BCUT2D eigenvalue weighted by atomic mass is 14.5. The van der Waals surface area contributed by atoms with Crippen LogP contribution in [0.25, 0.3) is 0 Å². The van der Waals surface area contributed by atoms with Gasteiger partial charge in [0.25, 0.3) is 0 Å². The fourth-order valence-electron chi connectivity index (χ4n) is 3.34. The van der Waals surface area contributed by atoms with Crippen LogP contribution in [0, 0.1) is 23.2 Å². The van der Waals surface area contributed by atoms with Crippen molar-refractivity contribution in [3.8, 4) is 0 Å². The smallest absolute Gasteiger partial charge is 0.0267 e. The molecule has 0 aromatic heterocycles. The predicted molar refractivity (Wildman–Crippen MR) is 69.0 cm³/mol. The third-order valence-corrected chi connectivity index (χ3v) is 4.41. The maximum Gasteiger partial charge on any atom is -0.0267 e. The summed E-state index contributed by atoms with van der Waals surface area (Å²) < 4.78 is 0. The Kier molecular flexibility index (Phi) is 4.67. The van der Waals surface area contributed by atoms with Gasteiger partial charge in [0.05, 0.1) is 0 Å². The SMILES string of the molecule is CCC(C)CC(CC)(CC(C)C)C1CC1. The lowest BCUT2D eigenvalue weighted by molar-refractivity contribution is 0.133. The Hall–Kier alpha value is 0. The lowest BCUT2D eigenvalue weighted by Crippen LogP contribution is -2.27. The minimum atomic E-state index is 0.698. The summed E-state index contributed by atoms with van der Waals surface area (Å²) in [4.78, 5) is 0. The molecule has 0 aromatic carbocycles. The van der Waals surface area contributed by atoms with E-state index in [0.29, 0.717) is 5.41 Å². The zero-order chi connectivity index (χ0) is 11.5. The van der Waals surface area contributed by atoms with Crippen molar-refractivity contribution in [1.82, 2.24) is 0 Å². The minimum Gasteiger partial charge on any atom is -0.0651 e. The molecule has 90 valence electrons. The van der Waals surface area contributed by atoms with Crippen LogP contribution in [0.15, 0.2) is 0 Å². The summed E-state index contributed by atoms with van der Waals surface area (Å²) >= 11 is 0. The molecule has 0 N–H and O–H groups in total. The zero-order valence-electron chi connectivity index (χ0n) is 11.5. The summed E-state index contributed by atoms with van der Waals surface area (Å²) in [7, 11) is 0. The van der Waals surface area contributed by atoms with E-state index in [1.54, 1.807) is 0 Å². The molecule has 2 unspecified atom stereocenters. The first-order chi connectivity index (χ1) is 7.04. The van der Waals surface area contributed by atoms with Crippen LogP contribution in [-0.4, -0.2) is 0 Å². The Balaban J connectivity index is 2.64. The number of hydrogen-bond donors (Lipinski definition) is 0. The van der Waals surface area contributed by atoms with Gasteiger partial charge in [-0.2, -0.15) is 0 Å². The van der Waals surface area contributed by atoms with Crippen LogP contribution in [0.5, 0.6) is 0 Å². The molecule has 0 amide bonds. The van der Waals surface area contributed by atoms with E-state index in [0.717, 1.165) is 17.8 Å². The van der Waals surface area contributed by atoms with Crippen molar-refractivity contribution in [3.05, 3.63) is 0 Å². The van der Waals surface area contributed by atoms with E-state index in [4.69, 9.17) is 0 Å². The predicted octanol–water partition coefficient (Wildman–Crippen LogP) is 5.28. The van der Waals surface area contributed by atoms with E-state index in [1.807, 2.05) is 0 Å². The molecular formula is C15H30.